The number of carbonyl (C=O) groups is 4. The molecule has 0 aliphatic carbocycles. The van der Waals surface area contributed by atoms with Crippen LogP contribution in [0, 0.1) is 5.92 Å². The van der Waals surface area contributed by atoms with Crippen LogP contribution in [0.2, 0.25) is 0 Å². The van der Waals surface area contributed by atoms with Crippen molar-refractivity contribution in [1.29, 1.82) is 0 Å². The minimum absolute atomic E-state index is 0.106. The number of unbranched alkanes of at least 4 members (excludes halogenated alkanes) is 49. The molecule has 0 amide bonds. The molecule has 0 aromatic heterocycles. The van der Waals surface area contributed by atoms with Gasteiger partial charge in [-0.25, -0.2) is 9.13 Å². The second kappa shape index (κ2) is 70.1. The van der Waals surface area contributed by atoms with Crippen LogP contribution in [-0.4, -0.2) is 96.7 Å². The molecule has 0 aliphatic heterocycles. The summed E-state index contributed by atoms with van der Waals surface area (Å²) in [5, 5.41) is 10.6. The van der Waals surface area contributed by atoms with E-state index >= 15 is 0 Å². The summed E-state index contributed by atoms with van der Waals surface area (Å²) in [5.41, 5.74) is 0. The van der Waals surface area contributed by atoms with Crippen LogP contribution in [0.3, 0.4) is 0 Å². The Kier molecular flexibility index (Phi) is 68.7. The van der Waals surface area contributed by atoms with E-state index in [0.29, 0.717) is 25.7 Å². The summed E-state index contributed by atoms with van der Waals surface area (Å²) in [6, 6.07) is 0. The topological polar surface area (TPSA) is 237 Å². The highest BCUT2D eigenvalue weighted by atomic mass is 31.2. The van der Waals surface area contributed by atoms with Crippen molar-refractivity contribution in [2.75, 3.05) is 39.6 Å². The number of hydrogen-bond donors (Lipinski definition) is 3. The van der Waals surface area contributed by atoms with E-state index in [2.05, 4.69) is 34.6 Å². The molecule has 570 valence electrons. The Morgan fingerprint density at radius 1 is 0.281 bits per heavy atom. The van der Waals surface area contributed by atoms with Gasteiger partial charge in [0.05, 0.1) is 26.4 Å². The third-order valence-corrected chi connectivity index (χ3v) is 19.9. The standard InChI is InChI=1S/C77H150O17P2/c1-6-9-12-15-18-21-22-23-24-25-29-32-35-38-42-46-51-56-61-75(80)88-67-73(94-77(82)63-58-53-48-43-39-36-33-30-27-26-28-31-34-37-41-44-49-54-59-70(4)5)69-92-96(85,86)90-65-71(78)64-89-95(83,84)91-68-72(66-87-74(79)60-55-50-45-20-17-14-11-8-3)93-76(81)62-57-52-47-40-19-16-13-10-7-2/h70-73,78H,6-69H2,1-5H3,(H,83,84)(H,85,86)/t71-,72+,73+/m0/s1. The number of rotatable bonds is 77. The fraction of sp³-hybridized carbons (Fsp3) is 0.948. The molecule has 0 spiro atoms. The van der Waals surface area contributed by atoms with Crippen LogP contribution >= 0.6 is 15.6 Å². The lowest BCUT2D eigenvalue weighted by molar-refractivity contribution is -0.161. The Morgan fingerprint density at radius 3 is 0.708 bits per heavy atom. The quantitative estimate of drug-likeness (QED) is 0.0222. The van der Waals surface area contributed by atoms with Gasteiger partial charge in [-0.2, -0.15) is 0 Å². The molecule has 0 aliphatic rings. The monoisotopic (exact) mass is 1410 g/mol. The summed E-state index contributed by atoms with van der Waals surface area (Å²) in [7, 11) is -9.90. The van der Waals surface area contributed by atoms with Crippen LogP contribution < -0.4 is 0 Å². The van der Waals surface area contributed by atoms with Crippen LogP contribution in [-0.2, 0) is 65.4 Å². The van der Waals surface area contributed by atoms with Crippen LogP contribution in [0.15, 0.2) is 0 Å². The first kappa shape index (κ1) is 94.1. The molecule has 0 aromatic carbocycles. The van der Waals surface area contributed by atoms with Gasteiger partial charge < -0.3 is 33.8 Å². The molecule has 19 heteroatoms. The summed E-state index contributed by atoms with van der Waals surface area (Å²) in [4.78, 5) is 72.6. The van der Waals surface area contributed by atoms with Gasteiger partial charge in [-0.1, -0.05) is 356 Å². The number of aliphatic hydroxyl groups excluding tert-OH is 1. The first-order valence-corrected chi connectivity index (χ1v) is 43.1. The highest BCUT2D eigenvalue weighted by Crippen LogP contribution is 2.45. The molecule has 0 rings (SSSR count). The number of aliphatic hydroxyl groups is 1. The van der Waals surface area contributed by atoms with Gasteiger partial charge in [0.2, 0.25) is 0 Å². The number of phosphoric acid groups is 2. The third-order valence-electron chi connectivity index (χ3n) is 18.0. The van der Waals surface area contributed by atoms with Gasteiger partial charge in [0, 0.05) is 25.7 Å². The van der Waals surface area contributed by atoms with E-state index in [4.69, 9.17) is 37.0 Å². The predicted molar refractivity (Wildman–Crippen MR) is 391 cm³/mol. The van der Waals surface area contributed by atoms with Crippen molar-refractivity contribution in [2.24, 2.45) is 5.92 Å². The molecule has 17 nitrogen and oxygen atoms in total. The van der Waals surface area contributed by atoms with E-state index in [1.165, 1.54) is 225 Å². The van der Waals surface area contributed by atoms with Gasteiger partial charge in [0.1, 0.15) is 19.3 Å². The van der Waals surface area contributed by atoms with Crippen molar-refractivity contribution >= 4 is 39.5 Å². The summed E-state index contributed by atoms with van der Waals surface area (Å²) in [6.07, 6.45) is 59.9. The van der Waals surface area contributed by atoms with Gasteiger partial charge in [-0.3, -0.25) is 37.3 Å². The molecule has 2 unspecified atom stereocenters. The van der Waals surface area contributed by atoms with Crippen molar-refractivity contribution in [3.05, 3.63) is 0 Å². The van der Waals surface area contributed by atoms with Crippen LogP contribution in [0.1, 0.15) is 407 Å². The highest BCUT2D eigenvalue weighted by Gasteiger charge is 2.30. The third kappa shape index (κ3) is 70.5. The molecule has 0 heterocycles. The zero-order chi connectivity index (χ0) is 70.5. The minimum Gasteiger partial charge on any atom is -0.462 e. The maximum atomic E-state index is 13.1. The minimum atomic E-state index is -4.96. The molecule has 5 atom stereocenters. The molecule has 0 bridgehead atoms. The van der Waals surface area contributed by atoms with Crippen molar-refractivity contribution in [3.8, 4) is 0 Å². The lowest BCUT2D eigenvalue weighted by Crippen LogP contribution is -2.30. The summed E-state index contributed by atoms with van der Waals surface area (Å²) in [6.45, 7) is 7.29. The van der Waals surface area contributed by atoms with E-state index in [-0.39, 0.29) is 25.7 Å². The maximum absolute atomic E-state index is 13.1. The molecule has 0 aromatic rings. The van der Waals surface area contributed by atoms with Gasteiger partial charge in [-0.15, -0.1) is 0 Å². The first-order chi connectivity index (χ1) is 46.5. The Balaban J connectivity index is 5.15. The Morgan fingerprint density at radius 2 is 0.479 bits per heavy atom. The van der Waals surface area contributed by atoms with E-state index in [1.54, 1.807) is 0 Å². The van der Waals surface area contributed by atoms with E-state index < -0.39 is 97.5 Å². The average molecular weight is 1410 g/mol. The predicted octanol–water partition coefficient (Wildman–Crippen LogP) is 22.9. The van der Waals surface area contributed by atoms with Gasteiger partial charge in [0.15, 0.2) is 12.2 Å². The number of carbonyl (C=O) groups excluding carboxylic acids is 4. The molecule has 3 N–H and O–H groups in total. The van der Waals surface area contributed by atoms with Crippen LogP contribution in [0.5, 0.6) is 0 Å². The Hall–Kier alpha value is -1.94. The molecule has 96 heavy (non-hydrogen) atoms. The Bertz CT molecular complexity index is 1840. The van der Waals surface area contributed by atoms with Crippen molar-refractivity contribution in [2.45, 2.75) is 425 Å². The normalized spacial score (nSPS) is 13.9. The molecule has 0 saturated heterocycles. The second-order valence-electron chi connectivity index (χ2n) is 28.2. The molecule has 0 saturated carbocycles. The molecule has 0 radical (unpaired) electrons. The SMILES string of the molecule is CCCCCCCCCCCCCCCCCCCCC(=O)OC[C@H](COP(=O)(O)OC[C@@H](O)COP(=O)(O)OC[C@@H](COC(=O)CCCCCCCCCC)OC(=O)CCCCCCCCCCC)OC(=O)CCCCCCCCCCCCCCCCCCCCC(C)C. The fourth-order valence-electron chi connectivity index (χ4n) is 11.9. The van der Waals surface area contributed by atoms with Crippen LogP contribution in [0.25, 0.3) is 0 Å². The summed E-state index contributed by atoms with van der Waals surface area (Å²) >= 11 is 0. The zero-order valence-electron chi connectivity index (χ0n) is 62.5. The van der Waals surface area contributed by atoms with Crippen molar-refractivity contribution in [3.63, 3.8) is 0 Å². The molecular formula is C77H150O17P2. The average Bonchev–Trinajstić information content (AvgIpc) is 1.59. The summed E-state index contributed by atoms with van der Waals surface area (Å²) < 4.78 is 68.4. The largest absolute Gasteiger partial charge is 0.472 e. The van der Waals surface area contributed by atoms with E-state index in [0.717, 1.165) is 102 Å². The van der Waals surface area contributed by atoms with Crippen molar-refractivity contribution in [1.82, 2.24) is 0 Å². The highest BCUT2D eigenvalue weighted by molar-refractivity contribution is 7.47. The second-order valence-corrected chi connectivity index (χ2v) is 31.1. The van der Waals surface area contributed by atoms with E-state index in [1.807, 2.05) is 0 Å². The number of phosphoric ester groups is 2. The number of hydrogen-bond acceptors (Lipinski definition) is 15. The number of ether oxygens (including phenoxy) is 4. The molecular weight excluding hydrogens is 1260 g/mol. The first-order valence-electron chi connectivity index (χ1n) is 40.1. The smallest absolute Gasteiger partial charge is 0.462 e. The van der Waals surface area contributed by atoms with Gasteiger partial charge in [-0.05, 0) is 31.6 Å². The maximum Gasteiger partial charge on any atom is 0.472 e. The fourth-order valence-corrected chi connectivity index (χ4v) is 13.5. The van der Waals surface area contributed by atoms with Gasteiger partial charge in [0.25, 0.3) is 0 Å². The lowest BCUT2D eigenvalue weighted by Gasteiger charge is -2.21. The zero-order valence-corrected chi connectivity index (χ0v) is 64.3. The molecule has 0 fully saturated rings. The van der Waals surface area contributed by atoms with Gasteiger partial charge >= 0.3 is 39.5 Å². The van der Waals surface area contributed by atoms with Crippen LogP contribution in [0.4, 0.5) is 0 Å². The van der Waals surface area contributed by atoms with E-state index in [9.17, 15) is 43.2 Å². The number of esters is 4. The lowest BCUT2D eigenvalue weighted by atomic mass is 10.0. The Labute approximate surface area is 588 Å². The summed E-state index contributed by atoms with van der Waals surface area (Å²) in [5.74, 6) is -1.30. The van der Waals surface area contributed by atoms with Crippen molar-refractivity contribution < 1.29 is 80.2 Å².